The van der Waals surface area contributed by atoms with E-state index in [2.05, 4.69) is 15.5 Å². The summed E-state index contributed by atoms with van der Waals surface area (Å²) < 4.78 is 5.26. The normalized spacial score (nSPS) is 12.6. The molecule has 3 aromatic rings. The average molecular weight is 500 g/mol. The van der Waals surface area contributed by atoms with E-state index < -0.39 is 24.1 Å². The summed E-state index contributed by atoms with van der Waals surface area (Å²) in [5, 5.41) is 44.0. The van der Waals surface area contributed by atoms with Gasteiger partial charge in [-0.3, -0.25) is 0 Å². The van der Waals surface area contributed by atoms with Crippen LogP contribution in [0.3, 0.4) is 0 Å². The topological polar surface area (TPSA) is 195 Å². The molecule has 2 atom stereocenters. The van der Waals surface area contributed by atoms with Gasteiger partial charge in [0.05, 0.1) is 6.04 Å². The second-order valence-electron chi connectivity index (χ2n) is 8.23. The van der Waals surface area contributed by atoms with Crippen LogP contribution in [0.1, 0.15) is 35.3 Å². The Morgan fingerprint density at radius 1 is 1.00 bits per heavy atom. The number of nitrogens with zero attached hydrogens (tertiary/aromatic N) is 3. The van der Waals surface area contributed by atoms with Gasteiger partial charge in [0.2, 0.25) is 5.89 Å². The van der Waals surface area contributed by atoms with Gasteiger partial charge in [-0.25, -0.2) is 9.59 Å². The minimum atomic E-state index is -1.23. The Morgan fingerprint density at radius 3 is 2.14 bits per heavy atom. The van der Waals surface area contributed by atoms with E-state index in [9.17, 15) is 30.0 Å². The van der Waals surface area contributed by atoms with Crippen molar-refractivity contribution in [3.8, 4) is 11.5 Å². The first-order valence-corrected chi connectivity index (χ1v) is 11.3. The van der Waals surface area contributed by atoms with Crippen LogP contribution in [0, 0.1) is 0 Å². The molecular weight excluding hydrogens is 470 g/mol. The molecule has 12 heteroatoms. The third kappa shape index (κ3) is 7.68. The molecule has 7 N–H and O–H groups in total. The van der Waals surface area contributed by atoms with Crippen molar-refractivity contribution < 1.29 is 34.5 Å². The Bertz CT molecular complexity index is 1130. The van der Waals surface area contributed by atoms with Crippen LogP contribution in [0.15, 0.2) is 53.1 Å². The van der Waals surface area contributed by atoms with Crippen molar-refractivity contribution in [3.05, 3.63) is 71.4 Å². The van der Waals surface area contributed by atoms with Crippen LogP contribution in [0.2, 0.25) is 0 Å². The SMILES string of the molecule is NC(Cc1ccc(O)cc1)c1noc(CN(CCCO)C(=O)NC(Cc2ccc(O)cc2)C(=O)O)n1. The van der Waals surface area contributed by atoms with Crippen LogP contribution in [0.4, 0.5) is 4.79 Å². The van der Waals surface area contributed by atoms with Crippen LogP contribution in [0.5, 0.6) is 11.5 Å². The maximum absolute atomic E-state index is 12.9. The van der Waals surface area contributed by atoms with Gasteiger partial charge >= 0.3 is 12.0 Å². The molecule has 0 saturated heterocycles. The standard InChI is InChI=1S/C24H29N5O7/c25-19(12-15-2-6-17(31)7-3-15)22-27-21(36-28-22)14-29(10-1-11-30)24(35)26-20(23(33)34)13-16-4-8-18(32)9-5-16/h2-9,19-20,30-32H,1,10-14,25H2,(H,26,35)(H,33,34). The van der Waals surface area contributed by atoms with Gasteiger partial charge in [-0.2, -0.15) is 4.98 Å². The minimum Gasteiger partial charge on any atom is -0.508 e. The molecular formula is C24H29N5O7. The first-order valence-electron chi connectivity index (χ1n) is 11.3. The number of nitrogens with one attached hydrogen (secondary N) is 1. The van der Waals surface area contributed by atoms with Crippen molar-refractivity contribution in [2.45, 2.75) is 37.9 Å². The van der Waals surface area contributed by atoms with Gasteiger partial charge in [0.25, 0.3) is 0 Å². The summed E-state index contributed by atoms with van der Waals surface area (Å²) in [4.78, 5) is 30.2. The zero-order chi connectivity index (χ0) is 26.1. The highest BCUT2D eigenvalue weighted by atomic mass is 16.5. The highest BCUT2D eigenvalue weighted by Gasteiger charge is 2.25. The molecule has 3 rings (SSSR count). The minimum absolute atomic E-state index is 0.00597. The Labute approximate surface area is 207 Å². The molecule has 0 aliphatic rings. The zero-order valence-electron chi connectivity index (χ0n) is 19.4. The summed E-state index contributed by atoms with van der Waals surface area (Å²) >= 11 is 0. The summed E-state index contributed by atoms with van der Waals surface area (Å²) in [5.74, 6) is -0.699. The van der Waals surface area contributed by atoms with Crippen molar-refractivity contribution in [1.29, 1.82) is 0 Å². The van der Waals surface area contributed by atoms with Gasteiger partial charge in [-0.15, -0.1) is 0 Å². The van der Waals surface area contributed by atoms with E-state index in [-0.39, 0.29) is 55.8 Å². The quantitative estimate of drug-likeness (QED) is 0.211. The van der Waals surface area contributed by atoms with Crippen LogP contribution in [-0.2, 0) is 24.2 Å². The Morgan fingerprint density at radius 2 is 1.58 bits per heavy atom. The van der Waals surface area contributed by atoms with Crippen molar-refractivity contribution in [2.24, 2.45) is 5.73 Å². The van der Waals surface area contributed by atoms with Crippen LogP contribution in [0.25, 0.3) is 0 Å². The first-order chi connectivity index (χ1) is 17.2. The lowest BCUT2D eigenvalue weighted by molar-refractivity contribution is -0.139. The summed E-state index contributed by atoms with van der Waals surface area (Å²) in [7, 11) is 0. The number of aliphatic hydroxyl groups is 1. The van der Waals surface area contributed by atoms with Crippen LogP contribution < -0.4 is 11.1 Å². The molecule has 0 bridgehead atoms. The molecule has 1 heterocycles. The number of nitrogens with two attached hydrogens (primary N) is 1. The highest BCUT2D eigenvalue weighted by molar-refractivity contribution is 5.82. The largest absolute Gasteiger partial charge is 0.508 e. The molecule has 192 valence electrons. The predicted molar refractivity (Wildman–Crippen MR) is 127 cm³/mol. The number of phenols is 2. The number of carbonyl (C=O) groups excluding carboxylic acids is 1. The van der Waals surface area contributed by atoms with E-state index in [1.807, 2.05) is 0 Å². The van der Waals surface area contributed by atoms with E-state index in [1.54, 1.807) is 36.4 Å². The number of amides is 2. The van der Waals surface area contributed by atoms with E-state index >= 15 is 0 Å². The molecule has 2 amide bonds. The second kappa shape index (κ2) is 12.5. The number of aromatic nitrogens is 2. The average Bonchev–Trinajstić information content (AvgIpc) is 3.32. The van der Waals surface area contributed by atoms with E-state index in [4.69, 9.17) is 10.3 Å². The summed E-state index contributed by atoms with van der Waals surface area (Å²) in [6.07, 6.45) is 0.655. The zero-order valence-corrected chi connectivity index (χ0v) is 19.4. The Balaban J connectivity index is 1.65. The van der Waals surface area contributed by atoms with Gasteiger partial charge in [0, 0.05) is 19.6 Å². The number of aromatic hydroxyl groups is 2. The smallest absolute Gasteiger partial charge is 0.326 e. The fraction of sp³-hybridized carbons (Fsp3) is 0.333. The molecule has 0 aliphatic heterocycles. The van der Waals surface area contributed by atoms with Crippen molar-refractivity contribution >= 4 is 12.0 Å². The monoisotopic (exact) mass is 499 g/mol. The van der Waals surface area contributed by atoms with Gasteiger partial charge in [0.1, 0.15) is 24.1 Å². The highest BCUT2D eigenvalue weighted by Crippen LogP contribution is 2.17. The summed E-state index contributed by atoms with van der Waals surface area (Å²) in [6.45, 7) is -0.173. The number of carboxylic acid groups (broad SMARTS) is 1. The van der Waals surface area contributed by atoms with Gasteiger partial charge in [-0.1, -0.05) is 29.4 Å². The second-order valence-corrected chi connectivity index (χ2v) is 8.23. The first kappa shape index (κ1) is 26.4. The number of benzene rings is 2. The molecule has 0 radical (unpaired) electrons. The van der Waals surface area contributed by atoms with Crippen molar-refractivity contribution in [2.75, 3.05) is 13.2 Å². The van der Waals surface area contributed by atoms with Gasteiger partial charge in [0.15, 0.2) is 5.82 Å². The van der Waals surface area contributed by atoms with Gasteiger partial charge < -0.3 is 40.9 Å². The number of carbonyl (C=O) groups is 2. The number of hydrogen-bond acceptors (Lipinski definition) is 9. The lowest BCUT2D eigenvalue weighted by Crippen LogP contribution is -2.49. The Kier molecular flexibility index (Phi) is 9.19. The fourth-order valence-corrected chi connectivity index (χ4v) is 3.45. The molecule has 36 heavy (non-hydrogen) atoms. The maximum atomic E-state index is 12.9. The van der Waals surface area contributed by atoms with Crippen LogP contribution >= 0.6 is 0 Å². The molecule has 0 spiro atoms. The van der Waals surface area contributed by atoms with Crippen LogP contribution in [-0.4, -0.2) is 66.7 Å². The Hall–Kier alpha value is -4.16. The molecule has 0 fully saturated rings. The lowest BCUT2D eigenvalue weighted by Gasteiger charge is -2.24. The number of aliphatic hydroxyl groups excluding tert-OH is 1. The number of hydrogen-bond donors (Lipinski definition) is 6. The molecule has 2 aromatic carbocycles. The summed E-state index contributed by atoms with van der Waals surface area (Å²) in [5.41, 5.74) is 7.66. The fourth-order valence-electron chi connectivity index (χ4n) is 3.45. The third-order valence-corrected chi connectivity index (χ3v) is 5.38. The number of urea groups is 1. The predicted octanol–water partition coefficient (Wildman–Crippen LogP) is 1.31. The molecule has 1 aromatic heterocycles. The van der Waals surface area contributed by atoms with Gasteiger partial charge in [-0.05, 0) is 48.2 Å². The summed E-state index contributed by atoms with van der Waals surface area (Å²) in [6, 6.07) is 10.1. The van der Waals surface area contributed by atoms with E-state index in [1.165, 1.54) is 17.0 Å². The lowest BCUT2D eigenvalue weighted by atomic mass is 10.1. The number of phenolic OH excluding ortho intramolecular Hbond substituents is 2. The number of aliphatic carboxylic acids is 1. The number of rotatable bonds is 12. The van der Waals surface area contributed by atoms with Crippen molar-refractivity contribution in [1.82, 2.24) is 20.4 Å². The van der Waals surface area contributed by atoms with Crippen molar-refractivity contribution in [3.63, 3.8) is 0 Å². The number of carboxylic acids is 1. The van der Waals surface area contributed by atoms with E-state index in [0.29, 0.717) is 12.0 Å². The van der Waals surface area contributed by atoms with E-state index in [0.717, 1.165) is 5.56 Å². The molecule has 0 aliphatic carbocycles. The molecule has 12 nitrogen and oxygen atoms in total. The maximum Gasteiger partial charge on any atom is 0.326 e. The molecule has 2 unspecified atom stereocenters. The molecule has 0 saturated carbocycles. The third-order valence-electron chi connectivity index (χ3n) is 5.38.